The predicted molar refractivity (Wildman–Crippen MR) is 75.6 cm³/mol. The molecule has 122 valence electrons. The summed E-state index contributed by atoms with van der Waals surface area (Å²) in [7, 11) is 0. The maximum Gasteiger partial charge on any atom is 0.413 e. The quantitative estimate of drug-likeness (QED) is 0.908. The van der Waals surface area contributed by atoms with Gasteiger partial charge in [-0.1, -0.05) is 0 Å². The zero-order chi connectivity index (χ0) is 16.5. The molecule has 0 saturated carbocycles. The van der Waals surface area contributed by atoms with E-state index in [2.05, 4.69) is 4.98 Å². The normalized spacial score (nSPS) is 20.8. The van der Waals surface area contributed by atoms with Crippen LogP contribution < -0.4 is 10.5 Å². The summed E-state index contributed by atoms with van der Waals surface area (Å²) >= 11 is 0. The smallest absolute Gasteiger partial charge is 0.413 e. The number of carbonyl (C=O) groups excluding carboxylic acids is 1. The van der Waals surface area contributed by atoms with E-state index in [-0.39, 0.29) is 18.1 Å². The molecular weight excluding hydrogens is 296 g/mol. The molecule has 1 amide bonds. The van der Waals surface area contributed by atoms with Crippen LogP contribution in [0, 0.1) is 0 Å². The lowest BCUT2D eigenvalue weighted by Gasteiger charge is -2.30. The van der Waals surface area contributed by atoms with Crippen molar-refractivity contribution in [2.24, 2.45) is 0 Å². The number of likely N-dealkylation sites (tertiary alicyclic amines) is 1. The molecule has 2 N–H and O–H groups in total. The van der Waals surface area contributed by atoms with Gasteiger partial charge in [0.1, 0.15) is 5.60 Å². The maximum atomic E-state index is 14.0. The van der Waals surface area contributed by atoms with Gasteiger partial charge in [-0.15, -0.1) is 0 Å². The van der Waals surface area contributed by atoms with Crippen LogP contribution >= 0.6 is 0 Å². The first-order valence-corrected chi connectivity index (χ1v) is 6.85. The Morgan fingerprint density at radius 2 is 2.18 bits per heavy atom. The largest absolute Gasteiger partial charge is 0.460 e. The molecule has 6 nitrogen and oxygen atoms in total. The van der Waals surface area contributed by atoms with Crippen molar-refractivity contribution in [3.8, 4) is 5.75 Å². The van der Waals surface area contributed by atoms with Gasteiger partial charge in [-0.25, -0.2) is 18.6 Å². The van der Waals surface area contributed by atoms with E-state index in [1.807, 2.05) is 0 Å². The molecule has 1 atom stereocenters. The van der Waals surface area contributed by atoms with E-state index in [0.29, 0.717) is 0 Å². The van der Waals surface area contributed by atoms with Gasteiger partial charge in [0.25, 0.3) is 0 Å². The third kappa shape index (κ3) is 3.55. The number of pyridine rings is 1. The fourth-order valence-electron chi connectivity index (χ4n) is 2.02. The Bertz CT molecular complexity index is 561. The number of alkyl halides is 2. The molecule has 22 heavy (non-hydrogen) atoms. The fourth-order valence-corrected chi connectivity index (χ4v) is 2.02. The first kappa shape index (κ1) is 16.3. The van der Waals surface area contributed by atoms with Crippen molar-refractivity contribution in [1.82, 2.24) is 9.88 Å². The van der Waals surface area contributed by atoms with E-state index >= 15 is 0 Å². The molecule has 0 unspecified atom stereocenters. The monoisotopic (exact) mass is 315 g/mol. The van der Waals surface area contributed by atoms with Crippen LogP contribution in [0.25, 0.3) is 0 Å². The number of ether oxygens (including phenoxy) is 2. The number of anilines is 1. The SMILES string of the molecule is CC(C)(C)OC(=O)N1CCC(F)(F)[C@@H]1Oc1cccnc1N. The van der Waals surface area contributed by atoms with Crippen LogP contribution in [0.2, 0.25) is 0 Å². The van der Waals surface area contributed by atoms with Crippen molar-refractivity contribution in [3.63, 3.8) is 0 Å². The highest BCUT2D eigenvalue weighted by atomic mass is 19.3. The highest BCUT2D eigenvalue weighted by Gasteiger charge is 2.54. The van der Waals surface area contributed by atoms with Crippen molar-refractivity contribution >= 4 is 11.9 Å². The first-order chi connectivity index (χ1) is 10.1. The molecule has 0 spiro atoms. The molecular formula is C14H19F2N3O3. The average Bonchev–Trinajstić information content (AvgIpc) is 2.66. The van der Waals surface area contributed by atoms with E-state index < -0.39 is 30.3 Å². The van der Waals surface area contributed by atoms with Gasteiger partial charge >= 0.3 is 12.0 Å². The summed E-state index contributed by atoms with van der Waals surface area (Å²) in [6.07, 6.45) is -1.71. The molecule has 1 saturated heterocycles. The summed E-state index contributed by atoms with van der Waals surface area (Å²) in [4.78, 5) is 16.7. The number of nitrogen functional groups attached to an aromatic ring is 1. The van der Waals surface area contributed by atoms with E-state index in [9.17, 15) is 13.6 Å². The third-order valence-corrected chi connectivity index (χ3v) is 3.00. The van der Waals surface area contributed by atoms with Crippen molar-refractivity contribution in [2.75, 3.05) is 12.3 Å². The minimum absolute atomic E-state index is 0.00244. The van der Waals surface area contributed by atoms with Crippen LogP contribution in [-0.2, 0) is 4.74 Å². The molecule has 1 aromatic rings. The van der Waals surface area contributed by atoms with E-state index in [4.69, 9.17) is 15.2 Å². The highest BCUT2D eigenvalue weighted by molar-refractivity contribution is 5.69. The Hall–Kier alpha value is -2.12. The lowest BCUT2D eigenvalue weighted by molar-refractivity contribution is -0.115. The summed E-state index contributed by atoms with van der Waals surface area (Å²) in [5.41, 5.74) is 4.81. The van der Waals surface area contributed by atoms with E-state index in [1.54, 1.807) is 20.8 Å². The second kappa shape index (κ2) is 5.58. The number of amides is 1. The zero-order valence-corrected chi connectivity index (χ0v) is 12.7. The molecule has 1 aliphatic heterocycles. The summed E-state index contributed by atoms with van der Waals surface area (Å²) in [6.45, 7) is 4.82. The number of hydrogen-bond donors (Lipinski definition) is 1. The van der Waals surface area contributed by atoms with Crippen LogP contribution in [0.1, 0.15) is 27.2 Å². The Kier molecular flexibility index (Phi) is 4.12. The van der Waals surface area contributed by atoms with Crippen LogP contribution in [0.5, 0.6) is 5.75 Å². The van der Waals surface area contributed by atoms with Gasteiger partial charge in [0, 0.05) is 19.2 Å². The highest BCUT2D eigenvalue weighted by Crippen LogP contribution is 2.37. The zero-order valence-electron chi connectivity index (χ0n) is 12.7. The number of halogens is 2. The van der Waals surface area contributed by atoms with Gasteiger partial charge < -0.3 is 15.2 Å². The lowest BCUT2D eigenvalue weighted by atomic mass is 10.2. The fraction of sp³-hybridized carbons (Fsp3) is 0.571. The second-order valence-electron chi connectivity index (χ2n) is 6.04. The molecule has 0 aromatic carbocycles. The molecule has 0 radical (unpaired) electrons. The van der Waals surface area contributed by atoms with Crippen LogP contribution in [0.3, 0.4) is 0 Å². The van der Waals surface area contributed by atoms with Gasteiger partial charge in [0.2, 0.25) is 6.23 Å². The number of nitrogens with two attached hydrogens (primary N) is 1. The topological polar surface area (TPSA) is 77.7 Å². The number of hydrogen-bond acceptors (Lipinski definition) is 5. The average molecular weight is 315 g/mol. The predicted octanol–water partition coefficient (Wildman–Crippen LogP) is 2.64. The Morgan fingerprint density at radius 1 is 1.50 bits per heavy atom. The standard InChI is InChI=1S/C14H19F2N3O3/c1-13(2,3)22-12(20)19-8-6-14(15,16)11(19)21-9-5-4-7-18-10(9)17/h4-5,7,11H,6,8H2,1-3H3,(H2,17,18)/t11-/m0/s1. The van der Waals surface area contributed by atoms with Gasteiger partial charge in [-0.3, -0.25) is 4.90 Å². The molecule has 2 rings (SSSR count). The molecule has 1 fully saturated rings. The van der Waals surface area contributed by atoms with Crippen LogP contribution in [0.15, 0.2) is 18.3 Å². The number of nitrogens with zero attached hydrogens (tertiary/aromatic N) is 2. The van der Waals surface area contributed by atoms with E-state index in [0.717, 1.165) is 4.90 Å². The lowest BCUT2D eigenvalue weighted by Crippen LogP contribution is -2.48. The number of carbonyl (C=O) groups is 1. The van der Waals surface area contributed by atoms with Crippen molar-refractivity contribution < 1.29 is 23.0 Å². The van der Waals surface area contributed by atoms with Gasteiger partial charge in [-0.05, 0) is 32.9 Å². The summed E-state index contributed by atoms with van der Waals surface area (Å²) in [6, 6.07) is 2.93. The molecule has 1 aromatic heterocycles. The molecule has 8 heteroatoms. The van der Waals surface area contributed by atoms with Crippen molar-refractivity contribution in [1.29, 1.82) is 0 Å². The van der Waals surface area contributed by atoms with Crippen LogP contribution in [-0.4, -0.2) is 40.3 Å². The van der Waals surface area contributed by atoms with Crippen LogP contribution in [0.4, 0.5) is 19.4 Å². The first-order valence-electron chi connectivity index (χ1n) is 6.85. The van der Waals surface area contributed by atoms with Gasteiger partial charge in [0.05, 0.1) is 0 Å². The van der Waals surface area contributed by atoms with Crippen molar-refractivity contribution in [2.45, 2.75) is 44.9 Å². The molecule has 2 heterocycles. The third-order valence-electron chi connectivity index (χ3n) is 3.00. The van der Waals surface area contributed by atoms with Gasteiger partial charge in [0.15, 0.2) is 11.6 Å². The van der Waals surface area contributed by atoms with Crippen molar-refractivity contribution in [3.05, 3.63) is 18.3 Å². The maximum absolute atomic E-state index is 14.0. The second-order valence-corrected chi connectivity index (χ2v) is 6.04. The summed E-state index contributed by atoms with van der Waals surface area (Å²) in [5, 5.41) is 0. The summed E-state index contributed by atoms with van der Waals surface area (Å²) < 4.78 is 38.5. The number of aromatic nitrogens is 1. The summed E-state index contributed by atoms with van der Waals surface area (Å²) in [5.74, 6) is -3.21. The number of rotatable bonds is 2. The Labute approximate surface area is 127 Å². The minimum atomic E-state index is -3.20. The Morgan fingerprint density at radius 3 is 2.77 bits per heavy atom. The molecule has 0 bridgehead atoms. The molecule has 0 aliphatic carbocycles. The van der Waals surface area contributed by atoms with Gasteiger partial charge in [-0.2, -0.15) is 0 Å². The molecule has 1 aliphatic rings. The minimum Gasteiger partial charge on any atom is -0.460 e. The Balaban J connectivity index is 2.20. The van der Waals surface area contributed by atoms with E-state index in [1.165, 1.54) is 18.3 Å².